The number of carbonyl (C=O) groups excluding carboxylic acids is 4. The van der Waals surface area contributed by atoms with Crippen LogP contribution in [-0.4, -0.2) is 76.1 Å². The quantitative estimate of drug-likeness (QED) is 0.242. The molecule has 2 N–H and O–H groups in total. The van der Waals surface area contributed by atoms with Gasteiger partial charge in [-0.1, -0.05) is 73.7 Å². The lowest BCUT2D eigenvalue weighted by Gasteiger charge is -2.51. The number of aromatic nitrogens is 1. The van der Waals surface area contributed by atoms with Crippen molar-refractivity contribution in [3.63, 3.8) is 0 Å². The minimum Gasteiger partial charge on any atom is -0.445 e. The van der Waals surface area contributed by atoms with Crippen molar-refractivity contribution >= 4 is 45.7 Å². The average molecular weight is 624 g/mol. The molecule has 0 radical (unpaired) electrons. The van der Waals surface area contributed by atoms with Crippen LogP contribution in [0.3, 0.4) is 0 Å². The summed E-state index contributed by atoms with van der Waals surface area (Å²) in [5.74, 6) is -0.212. The van der Waals surface area contributed by atoms with Gasteiger partial charge in [-0.05, 0) is 56.2 Å². The van der Waals surface area contributed by atoms with Gasteiger partial charge in [-0.2, -0.15) is 0 Å². The monoisotopic (exact) mass is 623 g/mol. The lowest BCUT2D eigenvalue weighted by atomic mass is 9.81. The average Bonchev–Trinajstić information content (AvgIpc) is 3.43. The Morgan fingerprint density at radius 3 is 2.17 bits per heavy atom. The van der Waals surface area contributed by atoms with E-state index in [4.69, 9.17) is 4.74 Å². The van der Waals surface area contributed by atoms with Crippen molar-refractivity contribution in [2.45, 2.75) is 63.6 Å². The Bertz CT molecular complexity index is 1670. The number of rotatable bonds is 9. The number of nitrogens with one attached hydrogen (secondary N) is 2. The number of likely N-dealkylation sites (tertiary alicyclic amines) is 1. The SMILES string of the molecule is CCCN1C(=O)[C@H](CCCCNC(=O)OCc2ccccc2)NC(=O)C12CCN(C(=O)n1c3ccccc3c3ccccc31)CC2. The van der Waals surface area contributed by atoms with E-state index in [0.717, 1.165) is 33.8 Å². The predicted molar refractivity (Wildman–Crippen MR) is 176 cm³/mol. The summed E-state index contributed by atoms with van der Waals surface area (Å²) in [6, 6.07) is 24.6. The number of hydrogen-bond donors (Lipinski definition) is 2. The molecule has 0 unspecified atom stereocenters. The van der Waals surface area contributed by atoms with Gasteiger partial charge in [-0.25, -0.2) is 9.59 Å². The largest absolute Gasteiger partial charge is 0.445 e. The van der Waals surface area contributed by atoms with Crippen molar-refractivity contribution in [3.05, 3.63) is 84.4 Å². The highest BCUT2D eigenvalue weighted by atomic mass is 16.5. The van der Waals surface area contributed by atoms with Gasteiger partial charge in [0.25, 0.3) is 0 Å². The van der Waals surface area contributed by atoms with Crippen LogP contribution in [0.1, 0.15) is 51.0 Å². The number of unbranched alkanes of at least 4 members (excludes halogenated alkanes) is 1. The summed E-state index contributed by atoms with van der Waals surface area (Å²) in [7, 11) is 0. The van der Waals surface area contributed by atoms with Crippen molar-refractivity contribution in [1.82, 2.24) is 25.0 Å². The number of fused-ring (bicyclic) bond motifs is 3. The second-order valence-electron chi connectivity index (χ2n) is 12.2. The van der Waals surface area contributed by atoms with Crippen LogP contribution in [0.25, 0.3) is 21.8 Å². The van der Waals surface area contributed by atoms with E-state index in [1.165, 1.54) is 0 Å². The molecule has 46 heavy (non-hydrogen) atoms. The molecule has 10 heteroatoms. The van der Waals surface area contributed by atoms with Gasteiger partial charge in [0, 0.05) is 37.0 Å². The zero-order valence-corrected chi connectivity index (χ0v) is 26.2. The fourth-order valence-corrected chi connectivity index (χ4v) is 6.89. The first-order chi connectivity index (χ1) is 22.4. The highest BCUT2D eigenvalue weighted by Gasteiger charge is 2.53. The van der Waals surface area contributed by atoms with Crippen LogP contribution >= 0.6 is 0 Å². The van der Waals surface area contributed by atoms with E-state index in [2.05, 4.69) is 10.6 Å². The lowest BCUT2D eigenvalue weighted by Crippen LogP contribution is -2.73. The summed E-state index contributed by atoms with van der Waals surface area (Å²) in [5.41, 5.74) is 1.66. The molecule has 2 saturated heterocycles. The minimum absolute atomic E-state index is 0.0705. The first-order valence-corrected chi connectivity index (χ1v) is 16.3. The van der Waals surface area contributed by atoms with Gasteiger partial charge >= 0.3 is 12.1 Å². The maximum Gasteiger partial charge on any atom is 0.407 e. The number of piperidine rings is 1. The Morgan fingerprint density at radius 1 is 0.891 bits per heavy atom. The molecule has 1 aromatic heterocycles. The van der Waals surface area contributed by atoms with Crippen LogP contribution in [0.15, 0.2) is 78.9 Å². The van der Waals surface area contributed by atoms with Crippen LogP contribution in [0.2, 0.25) is 0 Å². The van der Waals surface area contributed by atoms with E-state index in [0.29, 0.717) is 58.3 Å². The standard InChI is InChI=1S/C36H41N5O5/c1-2-22-40-32(42)29(16-10-11-21-37-34(44)46-25-26-12-4-3-5-13-26)38-33(43)36(40)19-23-39(24-20-36)35(45)41-30-17-8-6-14-27(30)28-15-7-9-18-31(28)41/h3-9,12-15,17-18,29H,2,10-11,16,19-25H2,1H3,(H,37,44)(H,38,43)/t29-/m0/s1. The number of para-hydroxylation sites is 2. The molecule has 2 aliphatic heterocycles. The van der Waals surface area contributed by atoms with E-state index < -0.39 is 17.7 Å². The molecular formula is C36H41N5O5. The van der Waals surface area contributed by atoms with Crippen LogP contribution in [0, 0.1) is 0 Å². The number of benzene rings is 3. The van der Waals surface area contributed by atoms with Crippen LogP contribution in [-0.2, 0) is 20.9 Å². The first kappa shape index (κ1) is 31.1. The topological polar surface area (TPSA) is 113 Å². The second kappa shape index (κ2) is 13.6. The first-order valence-electron chi connectivity index (χ1n) is 16.3. The van der Waals surface area contributed by atoms with Crippen LogP contribution in [0.5, 0.6) is 0 Å². The Kier molecular flexibility index (Phi) is 9.23. The number of carbonyl (C=O) groups is 4. The summed E-state index contributed by atoms with van der Waals surface area (Å²) in [6.45, 7) is 3.86. The third kappa shape index (κ3) is 6.03. The molecule has 0 bridgehead atoms. The number of hydrogen-bond acceptors (Lipinski definition) is 5. The Balaban J connectivity index is 1.05. The molecule has 1 spiro atoms. The zero-order chi connectivity index (χ0) is 32.1. The highest BCUT2D eigenvalue weighted by Crippen LogP contribution is 2.35. The molecule has 0 saturated carbocycles. The third-order valence-electron chi connectivity index (χ3n) is 9.29. The molecule has 4 aromatic rings. The number of alkyl carbamates (subject to hydrolysis) is 1. The molecule has 3 aromatic carbocycles. The summed E-state index contributed by atoms with van der Waals surface area (Å²) in [4.78, 5) is 57.1. The summed E-state index contributed by atoms with van der Waals surface area (Å²) in [5, 5.41) is 7.82. The smallest absolute Gasteiger partial charge is 0.407 e. The number of piperazine rings is 1. The molecule has 3 heterocycles. The highest BCUT2D eigenvalue weighted by molar-refractivity contribution is 6.13. The van der Waals surface area contributed by atoms with Gasteiger partial charge < -0.3 is 25.2 Å². The Morgan fingerprint density at radius 2 is 1.52 bits per heavy atom. The normalized spacial score (nSPS) is 17.8. The Labute approximate surface area is 268 Å². The molecule has 1 atom stereocenters. The molecule has 0 aliphatic carbocycles. The number of amides is 4. The predicted octanol–water partition coefficient (Wildman–Crippen LogP) is 5.43. The maximum absolute atomic E-state index is 14.0. The zero-order valence-electron chi connectivity index (χ0n) is 26.2. The third-order valence-corrected chi connectivity index (χ3v) is 9.29. The fourth-order valence-electron chi connectivity index (χ4n) is 6.89. The minimum atomic E-state index is -0.967. The molecule has 10 nitrogen and oxygen atoms in total. The van der Waals surface area contributed by atoms with Gasteiger partial charge in [0.15, 0.2) is 0 Å². The summed E-state index contributed by atoms with van der Waals surface area (Å²) >= 11 is 0. The van der Waals surface area contributed by atoms with Crippen molar-refractivity contribution < 1.29 is 23.9 Å². The number of nitrogens with zero attached hydrogens (tertiary/aromatic N) is 3. The van der Waals surface area contributed by atoms with Gasteiger partial charge in [-0.15, -0.1) is 0 Å². The van der Waals surface area contributed by atoms with Crippen LogP contribution < -0.4 is 10.6 Å². The molecule has 2 aliphatic rings. The molecule has 4 amide bonds. The molecular weight excluding hydrogens is 582 g/mol. The second-order valence-corrected chi connectivity index (χ2v) is 12.2. The molecule has 6 rings (SSSR count). The number of ether oxygens (including phenoxy) is 1. The van der Waals surface area contributed by atoms with Crippen molar-refractivity contribution in [3.8, 4) is 0 Å². The van der Waals surface area contributed by atoms with E-state index in [9.17, 15) is 19.2 Å². The van der Waals surface area contributed by atoms with E-state index >= 15 is 0 Å². The summed E-state index contributed by atoms with van der Waals surface area (Å²) in [6.07, 6.45) is 2.81. The van der Waals surface area contributed by atoms with Crippen molar-refractivity contribution in [2.24, 2.45) is 0 Å². The molecule has 240 valence electrons. The summed E-state index contributed by atoms with van der Waals surface area (Å²) < 4.78 is 7.02. The van der Waals surface area contributed by atoms with E-state index in [-0.39, 0.29) is 24.5 Å². The molecule has 2 fully saturated rings. The van der Waals surface area contributed by atoms with E-state index in [1.54, 1.807) is 14.4 Å². The van der Waals surface area contributed by atoms with Gasteiger partial charge in [0.05, 0.1) is 11.0 Å². The lowest BCUT2D eigenvalue weighted by molar-refractivity contribution is -0.161. The van der Waals surface area contributed by atoms with Gasteiger partial charge in [0.2, 0.25) is 11.8 Å². The van der Waals surface area contributed by atoms with Crippen LogP contribution in [0.4, 0.5) is 9.59 Å². The van der Waals surface area contributed by atoms with Gasteiger partial charge in [-0.3, -0.25) is 14.2 Å². The van der Waals surface area contributed by atoms with Crippen molar-refractivity contribution in [1.29, 1.82) is 0 Å². The van der Waals surface area contributed by atoms with Gasteiger partial charge in [0.1, 0.15) is 18.2 Å². The maximum atomic E-state index is 14.0. The van der Waals surface area contributed by atoms with Crippen molar-refractivity contribution in [2.75, 3.05) is 26.2 Å². The Hall–Kier alpha value is -4.86. The van der Waals surface area contributed by atoms with E-state index in [1.807, 2.05) is 85.8 Å². The fraction of sp³-hybridized carbons (Fsp3) is 0.389.